The number of likely N-dealkylation sites (N-methyl/N-ethyl adjacent to an activating group) is 1. The van der Waals surface area contributed by atoms with Crippen LogP contribution in [-0.4, -0.2) is 31.1 Å². The zero-order valence-electron chi connectivity index (χ0n) is 11.7. The van der Waals surface area contributed by atoms with Crippen molar-refractivity contribution in [2.45, 2.75) is 33.7 Å². The molecule has 2 heteroatoms. The summed E-state index contributed by atoms with van der Waals surface area (Å²) in [6, 6.07) is 9.04. The Morgan fingerprint density at radius 3 is 2.41 bits per heavy atom. The van der Waals surface area contributed by atoms with Gasteiger partial charge in [0.2, 0.25) is 0 Å². The Morgan fingerprint density at radius 2 is 1.82 bits per heavy atom. The van der Waals surface area contributed by atoms with E-state index in [9.17, 15) is 0 Å². The van der Waals surface area contributed by atoms with Crippen LogP contribution < -0.4 is 5.32 Å². The molecule has 1 aromatic carbocycles. The highest BCUT2D eigenvalue weighted by Gasteiger charge is 2.07. The van der Waals surface area contributed by atoms with Crippen molar-refractivity contribution in [3.8, 4) is 0 Å². The van der Waals surface area contributed by atoms with Gasteiger partial charge in [-0.2, -0.15) is 0 Å². The summed E-state index contributed by atoms with van der Waals surface area (Å²) in [4.78, 5) is 2.44. The molecule has 0 amide bonds. The maximum atomic E-state index is 3.60. The van der Waals surface area contributed by atoms with Crippen molar-refractivity contribution in [1.82, 2.24) is 10.2 Å². The lowest BCUT2D eigenvalue weighted by Gasteiger charge is -2.21. The summed E-state index contributed by atoms with van der Waals surface area (Å²) in [6.07, 6.45) is 0. The maximum Gasteiger partial charge on any atom is 0.0294 e. The Morgan fingerprint density at radius 1 is 1.18 bits per heavy atom. The second-order valence-electron chi connectivity index (χ2n) is 4.56. The molecule has 0 aliphatic heterocycles. The predicted molar refractivity (Wildman–Crippen MR) is 75.4 cm³/mol. The van der Waals surface area contributed by atoms with Gasteiger partial charge in [0, 0.05) is 19.1 Å². The van der Waals surface area contributed by atoms with Crippen LogP contribution in [0.1, 0.15) is 37.9 Å². The minimum atomic E-state index is 0.437. The first kappa shape index (κ1) is 14.2. The van der Waals surface area contributed by atoms with E-state index < -0.39 is 0 Å². The fourth-order valence-electron chi connectivity index (χ4n) is 2.16. The van der Waals surface area contributed by atoms with Gasteiger partial charge in [-0.05, 0) is 38.1 Å². The third-order valence-corrected chi connectivity index (χ3v) is 3.43. The molecule has 0 heterocycles. The van der Waals surface area contributed by atoms with Gasteiger partial charge in [0.15, 0.2) is 0 Å². The van der Waals surface area contributed by atoms with Gasteiger partial charge in [0.25, 0.3) is 0 Å². The van der Waals surface area contributed by atoms with Gasteiger partial charge in [-0.1, -0.05) is 38.1 Å². The van der Waals surface area contributed by atoms with Crippen LogP contribution in [0.4, 0.5) is 0 Å². The molecule has 0 aliphatic carbocycles. The van der Waals surface area contributed by atoms with Gasteiger partial charge < -0.3 is 10.2 Å². The molecule has 0 unspecified atom stereocenters. The van der Waals surface area contributed by atoms with Crippen LogP contribution in [-0.2, 0) is 0 Å². The number of hydrogen-bond donors (Lipinski definition) is 1. The molecule has 0 radical (unpaired) electrons. The maximum absolute atomic E-state index is 3.60. The topological polar surface area (TPSA) is 15.3 Å². The lowest BCUT2D eigenvalue weighted by molar-refractivity contribution is 0.298. The molecule has 1 atom stereocenters. The second kappa shape index (κ2) is 7.46. The molecular formula is C15H26N2. The van der Waals surface area contributed by atoms with Crippen LogP contribution >= 0.6 is 0 Å². The van der Waals surface area contributed by atoms with E-state index in [0.717, 1.165) is 26.2 Å². The van der Waals surface area contributed by atoms with Gasteiger partial charge in [-0.15, -0.1) is 0 Å². The van der Waals surface area contributed by atoms with E-state index in [1.54, 1.807) is 0 Å². The third kappa shape index (κ3) is 4.49. The third-order valence-electron chi connectivity index (χ3n) is 3.43. The fraction of sp³-hybridized carbons (Fsp3) is 0.600. The van der Waals surface area contributed by atoms with Crippen LogP contribution in [0.2, 0.25) is 0 Å². The zero-order chi connectivity index (χ0) is 12.7. The second-order valence-corrected chi connectivity index (χ2v) is 4.56. The summed E-state index contributed by atoms with van der Waals surface area (Å²) in [5.41, 5.74) is 2.78. The van der Waals surface area contributed by atoms with Gasteiger partial charge in [0.1, 0.15) is 0 Å². The van der Waals surface area contributed by atoms with Gasteiger partial charge in [-0.25, -0.2) is 0 Å². The Balaban J connectivity index is 2.40. The first-order chi connectivity index (χ1) is 8.19. The van der Waals surface area contributed by atoms with Crippen LogP contribution in [0, 0.1) is 6.92 Å². The summed E-state index contributed by atoms with van der Waals surface area (Å²) in [7, 11) is 0. The van der Waals surface area contributed by atoms with Crippen LogP contribution in [0.3, 0.4) is 0 Å². The smallest absolute Gasteiger partial charge is 0.0294 e. The molecule has 0 aromatic heterocycles. The standard InChI is InChI=1S/C15H26N2/c1-5-17(6-2)12-11-16-14(4)15-10-8-7-9-13(15)3/h7-10,14,16H,5-6,11-12H2,1-4H3/t14-/m1/s1. The van der Waals surface area contributed by atoms with Crippen molar-refractivity contribution in [3.05, 3.63) is 35.4 Å². The molecule has 2 nitrogen and oxygen atoms in total. The molecule has 0 fully saturated rings. The minimum Gasteiger partial charge on any atom is -0.309 e. The van der Waals surface area contributed by atoms with Crippen LogP contribution in [0.25, 0.3) is 0 Å². The number of nitrogens with one attached hydrogen (secondary N) is 1. The normalized spacial score (nSPS) is 13.0. The summed E-state index contributed by atoms with van der Waals surface area (Å²) in [6.45, 7) is 13.3. The number of hydrogen-bond acceptors (Lipinski definition) is 2. The highest BCUT2D eigenvalue weighted by Crippen LogP contribution is 2.16. The molecule has 96 valence electrons. The molecule has 0 bridgehead atoms. The Hall–Kier alpha value is -0.860. The molecule has 17 heavy (non-hydrogen) atoms. The van der Waals surface area contributed by atoms with E-state index >= 15 is 0 Å². The first-order valence-electron chi connectivity index (χ1n) is 6.70. The molecule has 0 saturated heterocycles. The lowest BCUT2D eigenvalue weighted by atomic mass is 10.0. The lowest BCUT2D eigenvalue weighted by Crippen LogP contribution is -2.33. The molecule has 0 aliphatic rings. The van der Waals surface area contributed by atoms with Crippen LogP contribution in [0.15, 0.2) is 24.3 Å². The SMILES string of the molecule is CCN(CC)CCN[C@H](C)c1ccccc1C. The van der Waals surface area contributed by atoms with Crippen molar-refractivity contribution in [1.29, 1.82) is 0 Å². The molecule has 1 rings (SSSR count). The number of benzene rings is 1. The summed E-state index contributed by atoms with van der Waals surface area (Å²) >= 11 is 0. The quantitative estimate of drug-likeness (QED) is 0.780. The molecular weight excluding hydrogens is 208 g/mol. The molecule has 0 saturated carbocycles. The van der Waals surface area contributed by atoms with E-state index in [1.165, 1.54) is 11.1 Å². The van der Waals surface area contributed by atoms with E-state index in [4.69, 9.17) is 0 Å². The van der Waals surface area contributed by atoms with Crippen molar-refractivity contribution in [2.24, 2.45) is 0 Å². The van der Waals surface area contributed by atoms with Gasteiger partial charge in [-0.3, -0.25) is 0 Å². The van der Waals surface area contributed by atoms with E-state index in [-0.39, 0.29) is 0 Å². The fourth-order valence-corrected chi connectivity index (χ4v) is 2.16. The highest BCUT2D eigenvalue weighted by molar-refractivity contribution is 5.28. The molecule has 0 spiro atoms. The summed E-state index contributed by atoms with van der Waals surface area (Å²) in [5, 5.41) is 3.60. The van der Waals surface area contributed by atoms with Crippen molar-refractivity contribution >= 4 is 0 Å². The van der Waals surface area contributed by atoms with E-state index in [2.05, 4.69) is 62.2 Å². The largest absolute Gasteiger partial charge is 0.309 e. The number of rotatable bonds is 7. The minimum absolute atomic E-state index is 0.437. The van der Waals surface area contributed by atoms with E-state index in [1.807, 2.05) is 0 Å². The first-order valence-corrected chi connectivity index (χ1v) is 6.70. The molecule has 1 aromatic rings. The zero-order valence-corrected chi connectivity index (χ0v) is 11.7. The van der Waals surface area contributed by atoms with Crippen molar-refractivity contribution in [2.75, 3.05) is 26.2 Å². The average Bonchev–Trinajstić information content (AvgIpc) is 2.35. The Kier molecular flexibility index (Phi) is 6.23. The van der Waals surface area contributed by atoms with Crippen molar-refractivity contribution in [3.63, 3.8) is 0 Å². The molecule has 1 N–H and O–H groups in total. The van der Waals surface area contributed by atoms with Gasteiger partial charge >= 0.3 is 0 Å². The van der Waals surface area contributed by atoms with Gasteiger partial charge in [0.05, 0.1) is 0 Å². The van der Waals surface area contributed by atoms with E-state index in [0.29, 0.717) is 6.04 Å². The van der Waals surface area contributed by atoms with Crippen LogP contribution in [0.5, 0.6) is 0 Å². The van der Waals surface area contributed by atoms with Crippen molar-refractivity contribution < 1.29 is 0 Å². The summed E-state index contributed by atoms with van der Waals surface area (Å²) < 4.78 is 0. The highest BCUT2D eigenvalue weighted by atomic mass is 15.1. The predicted octanol–water partition coefficient (Wildman–Crippen LogP) is 2.99. The Bertz CT molecular complexity index is 318. The summed E-state index contributed by atoms with van der Waals surface area (Å²) in [5.74, 6) is 0. The Labute approximate surface area is 106 Å². The average molecular weight is 234 g/mol. The monoisotopic (exact) mass is 234 g/mol. The number of aryl methyl sites for hydroxylation is 1. The number of nitrogens with zero attached hydrogens (tertiary/aromatic N) is 1.